The third-order valence-corrected chi connectivity index (χ3v) is 5.63. The molecule has 2 unspecified atom stereocenters. The molecule has 0 amide bonds. The Labute approximate surface area is 130 Å². The lowest BCUT2D eigenvalue weighted by molar-refractivity contribution is -0.0228. The fourth-order valence-electron chi connectivity index (χ4n) is 2.08. The highest BCUT2D eigenvalue weighted by molar-refractivity contribution is 9.10. The molecule has 0 radical (unpaired) electrons. The third kappa shape index (κ3) is 3.37. The van der Waals surface area contributed by atoms with Crippen LogP contribution in [0, 0.1) is 5.82 Å². The van der Waals surface area contributed by atoms with E-state index in [0.717, 1.165) is 12.1 Å². The molecular formula is C12H16BrFN2O4S. The first kappa shape index (κ1) is 16.6. The second-order valence-corrected chi connectivity index (χ2v) is 7.59. The fourth-order valence-corrected chi connectivity index (χ4v) is 3.81. The molecular weight excluding hydrogens is 367 g/mol. The number of hydrogen-bond acceptors (Lipinski definition) is 5. The van der Waals surface area contributed by atoms with Crippen LogP contribution in [0.3, 0.4) is 0 Å². The first-order chi connectivity index (χ1) is 9.66. The van der Waals surface area contributed by atoms with E-state index < -0.39 is 27.5 Å². The van der Waals surface area contributed by atoms with Gasteiger partial charge >= 0.3 is 0 Å². The number of aliphatic hydroxyl groups is 1. The second-order valence-electron chi connectivity index (χ2n) is 5.00. The van der Waals surface area contributed by atoms with Gasteiger partial charge in [-0.1, -0.05) is 0 Å². The average Bonchev–Trinajstić information content (AvgIpc) is 2.72. The summed E-state index contributed by atoms with van der Waals surface area (Å²) in [4.78, 5) is -0.244. The van der Waals surface area contributed by atoms with Gasteiger partial charge in [0.2, 0.25) is 10.0 Å². The summed E-state index contributed by atoms with van der Waals surface area (Å²) in [6.45, 7) is 1.83. The Morgan fingerprint density at radius 2 is 2.29 bits per heavy atom. The van der Waals surface area contributed by atoms with Crippen molar-refractivity contribution in [1.29, 1.82) is 0 Å². The van der Waals surface area contributed by atoms with Gasteiger partial charge in [-0.25, -0.2) is 17.5 Å². The molecule has 0 bridgehead atoms. The Kier molecular flexibility index (Phi) is 4.60. The van der Waals surface area contributed by atoms with Gasteiger partial charge in [0.05, 0.1) is 16.3 Å². The zero-order chi connectivity index (χ0) is 15.8. The Balaban J connectivity index is 2.21. The van der Waals surface area contributed by atoms with Crippen molar-refractivity contribution < 1.29 is 22.7 Å². The normalized spacial score (nSPS) is 26.2. The molecule has 4 N–H and O–H groups in total. The van der Waals surface area contributed by atoms with E-state index in [2.05, 4.69) is 20.7 Å². The molecule has 21 heavy (non-hydrogen) atoms. The predicted molar refractivity (Wildman–Crippen MR) is 78.7 cm³/mol. The second kappa shape index (κ2) is 5.81. The van der Waals surface area contributed by atoms with Crippen LogP contribution in [-0.2, 0) is 14.8 Å². The van der Waals surface area contributed by atoms with Gasteiger partial charge in [0.25, 0.3) is 0 Å². The molecule has 1 aliphatic heterocycles. The summed E-state index contributed by atoms with van der Waals surface area (Å²) < 4.78 is 45.3. The zero-order valence-corrected chi connectivity index (χ0v) is 13.7. The smallest absolute Gasteiger partial charge is 0.242 e. The van der Waals surface area contributed by atoms with E-state index in [1.807, 2.05) is 0 Å². The third-order valence-electron chi connectivity index (χ3n) is 3.57. The summed E-state index contributed by atoms with van der Waals surface area (Å²) >= 11 is 2.92. The number of rotatable bonds is 4. The van der Waals surface area contributed by atoms with E-state index in [9.17, 15) is 17.9 Å². The van der Waals surface area contributed by atoms with Crippen LogP contribution in [0.4, 0.5) is 10.1 Å². The summed E-state index contributed by atoms with van der Waals surface area (Å²) in [5.41, 5.74) is 4.09. The molecule has 0 saturated carbocycles. The quantitative estimate of drug-likeness (QED) is 0.673. The van der Waals surface area contributed by atoms with Crippen LogP contribution >= 0.6 is 15.9 Å². The minimum Gasteiger partial charge on any atom is -0.398 e. The monoisotopic (exact) mass is 382 g/mol. The Morgan fingerprint density at radius 3 is 2.86 bits per heavy atom. The van der Waals surface area contributed by atoms with Crippen molar-refractivity contribution in [1.82, 2.24) is 4.72 Å². The van der Waals surface area contributed by atoms with E-state index >= 15 is 0 Å². The van der Waals surface area contributed by atoms with Gasteiger partial charge in [0.1, 0.15) is 16.3 Å². The zero-order valence-electron chi connectivity index (χ0n) is 11.3. The molecule has 0 aromatic heterocycles. The first-order valence-corrected chi connectivity index (χ1v) is 8.51. The van der Waals surface area contributed by atoms with E-state index in [4.69, 9.17) is 10.5 Å². The summed E-state index contributed by atoms with van der Waals surface area (Å²) in [6.07, 6.45) is -0.142. The van der Waals surface area contributed by atoms with Gasteiger partial charge in [-0.15, -0.1) is 0 Å². The van der Waals surface area contributed by atoms with E-state index in [1.165, 1.54) is 0 Å². The van der Waals surface area contributed by atoms with E-state index in [0.29, 0.717) is 13.0 Å². The van der Waals surface area contributed by atoms with Crippen LogP contribution in [0.2, 0.25) is 0 Å². The van der Waals surface area contributed by atoms with Crippen LogP contribution in [0.5, 0.6) is 0 Å². The number of hydrogen-bond donors (Lipinski definition) is 3. The molecule has 118 valence electrons. The van der Waals surface area contributed by atoms with Crippen LogP contribution in [0.15, 0.2) is 21.5 Å². The molecule has 2 rings (SSSR count). The van der Waals surface area contributed by atoms with Gasteiger partial charge < -0.3 is 15.6 Å². The fraction of sp³-hybridized carbons (Fsp3) is 0.500. The lowest BCUT2D eigenvalue weighted by Gasteiger charge is -2.26. The van der Waals surface area contributed by atoms with Crippen molar-refractivity contribution in [3.63, 3.8) is 0 Å². The number of nitrogens with two attached hydrogens (primary N) is 1. The Morgan fingerprint density at radius 1 is 1.62 bits per heavy atom. The lowest BCUT2D eigenvalue weighted by Crippen LogP contribution is -2.47. The Hall–Kier alpha value is -0.740. The summed E-state index contributed by atoms with van der Waals surface area (Å²) in [5, 5.41) is 10.3. The van der Waals surface area contributed by atoms with Crippen molar-refractivity contribution in [3.05, 3.63) is 22.4 Å². The molecule has 0 spiro atoms. The van der Waals surface area contributed by atoms with Gasteiger partial charge in [0.15, 0.2) is 0 Å². The highest BCUT2D eigenvalue weighted by Gasteiger charge is 2.40. The average molecular weight is 383 g/mol. The maximum atomic E-state index is 13.3. The number of ether oxygens (including phenoxy) is 1. The van der Waals surface area contributed by atoms with Gasteiger partial charge in [0, 0.05) is 19.6 Å². The Bertz CT molecular complexity index is 655. The van der Waals surface area contributed by atoms with E-state index in [1.54, 1.807) is 6.92 Å². The van der Waals surface area contributed by atoms with Gasteiger partial charge in [-0.05, 0) is 35.0 Å². The molecule has 1 aromatic carbocycles. The number of nitrogens with one attached hydrogen (secondary N) is 1. The van der Waals surface area contributed by atoms with Crippen LogP contribution in [0.25, 0.3) is 0 Å². The molecule has 9 heteroatoms. The summed E-state index contributed by atoms with van der Waals surface area (Å²) in [5.74, 6) is -0.650. The summed E-state index contributed by atoms with van der Waals surface area (Å²) in [7, 11) is -3.97. The first-order valence-electron chi connectivity index (χ1n) is 6.24. The largest absolute Gasteiger partial charge is 0.398 e. The maximum Gasteiger partial charge on any atom is 0.242 e. The number of anilines is 1. The molecule has 1 saturated heterocycles. The summed E-state index contributed by atoms with van der Waals surface area (Å²) in [6, 6.07) is 2.01. The molecule has 2 atom stereocenters. The number of benzene rings is 1. The van der Waals surface area contributed by atoms with Crippen LogP contribution < -0.4 is 10.5 Å². The van der Waals surface area contributed by atoms with Gasteiger partial charge in [-0.3, -0.25) is 0 Å². The molecule has 0 aliphatic carbocycles. The highest BCUT2D eigenvalue weighted by atomic mass is 79.9. The number of halogens is 2. The van der Waals surface area contributed by atoms with Crippen molar-refractivity contribution in [3.8, 4) is 0 Å². The number of sulfonamides is 1. The van der Waals surface area contributed by atoms with Crippen molar-refractivity contribution >= 4 is 31.6 Å². The van der Waals surface area contributed by atoms with Crippen LogP contribution in [0.1, 0.15) is 13.3 Å². The minimum atomic E-state index is -3.97. The predicted octanol–water partition coefficient (Wildman–Crippen LogP) is 0.989. The molecule has 1 aliphatic rings. The molecule has 6 nitrogen and oxygen atoms in total. The standard InChI is InChI=1S/C12H16BrFN2O4S/c1-7-12(17,2-3-20-7)6-16-21(18,19)11-4-8(13)9(14)5-10(11)15/h4-5,7,16-17H,2-3,6,15H2,1H3. The maximum absolute atomic E-state index is 13.3. The SMILES string of the molecule is CC1OCCC1(O)CNS(=O)(=O)c1cc(Br)c(F)cc1N. The van der Waals surface area contributed by atoms with Crippen molar-refractivity contribution in [2.24, 2.45) is 0 Å². The van der Waals surface area contributed by atoms with Crippen LogP contribution in [-0.4, -0.2) is 38.4 Å². The minimum absolute atomic E-state index is 0.00615. The molecule has 1 fully saturated rings. The number of nitrogen functional groups attached to an aromatic ring is 1. The lowest BCUT2D eigenvalue weighted by atomic mass is 9.97. The molecule has 1 heterocycles. The van der Waals surface area contributed by atoms with Crippen molar-refractivity contribution in [2.75, 3.05) is 18.9 Å². The topological polar surface area (TPSA) is 102 Å². The van der Waals surface area contributed by atoms with E-state index in [-0.39, 0.29) is 21.6 Å². The highest BCUT2D eigenvalue weighted by Crippen LogP contribution is 2.28. The van der Waals surface area contributed by atoms with Crippen molar-refractivity contribution in [2.45, 2.75) is 29.9 Å². The molecule has 1 aromatic rings. The van der Waals surface area contributed by atoms with Gasteiger partial charge in [-0.2, -0.15) is 0 Å².